The Kier molecular flexibility index (Phi) is 4.45. The molecule has 1 aromatic rings. The standard InChI is InChI=1S/C14H24N4O2/c1-4-6-17-7-5-16-12(13(17)19)18-9-11(8-15)20-14(2,3)10-18/h5,7,11H,4,6,8-10,15H2,1-3H3. The number of aryl methyl sites for hydroxylation is 1. The van der Waals surface area contributed by atoms with Crippen molar-refractivity contribution >= 4 is 5.82 Å². The molecule has 0 bridgehead atoms. The number of ether oxygens (including phenoxy) is 1. The molecule has 0 radical (unpaired) electrons. The molecule has 6 heteroatoms. The van der Waals surface area contributed by atoms with Crippen LogP contribution in [0.25, 0.3) is 0 Å². The molecule has 2 rings (SSSR count). The Morgan fingerprint density at radius 2 is 2.30 bits per heavy atom. The second-order valence-electron chi connectivity index (χ2n) is 5.87. The third-order valence-corrected chi connectivity index (χ3v) is 3.40. The molecule has 0 aliphatic carbocycles. The molecule has 2 heterocycles. The first-order chi connectivity index (χ1) is 9.46. The lowest BCUT2D eigenvalue weighted by Crippen LogP contribution is -2.56. The monoisotopic (exact) mass is 280 g/mol. The third-order valence-electron chi connectivity index (χ3n) is 3.40. The average Bonchev–Trinajstić information content (AvgIpc) is 2.39. The van der Waals surface area contributed by atoms with E-state index in [0.717, 1.165) is 6.42 Å². The molecule has 1 unspecified atom stereocenters. The molecule has 0 saturated carbocycles. The van der Waals surface area contributed by atoms with Crippen molar-refractivity contribution in [2.24, 2.45) is 5.73 Å². The van der Waals surface area contributed by atoms with E-state index < -0.39 is 0 Å². The van der Waals surface area contributed by atoms with Gasteiger partial charge in [-0.1, -0.05) is 6.92 Å². The van der Waals surface area contributed by atoms with Gasteiger partial charge in [-0.3, -0.25) is 4.79 Å². The third kappa shape index (κ3) is 3.19. The SMILES string of the molecule is CCCn1ccnc(N2CC(CN)OC(C)(C)C2)c1=O. The zero-order valence-corrected chi connectivity index (χ0v) is 12.5. The number of anilines is 1. The summed E-state index contributed by atoms with van der Waals surface area (Å²) in [6, 6.07) is 0. The number of hydrogen-bond acceptors (Lipinski definition) is 5. The summed E-state index contributed by atoms with van der Waals surface area (Å²) in [6.07, 6.45) is 4.27. The van der Waals surface area contributed by atoms with Gasteiger partial charge in [0.25, 0.3) is 5.56 Å². The smallest absolute Gasteiger partial charge is 0.293 e. The molecule has 1 aromatic heterocycles. The normalized spacial score (nSPS) is 22.0. The Bertz CT molecular complexity index is 512. The van der Waals surface area contributed by atoms with Crippen molar-refractivity contribution in [3.63, 3.8) is 0 Å². The van der Waals surface area contributed by atoms with Gasteiger partial charge < -0.3 is 19.9 Å². The van der Waals surface area contributed by atoms with E-state index in [9.17, 15) is 4.79 Å². The van der Waals surface area contributed by atoms with Crippen molar-refractivity contribution in [3.05, 3.63) is 22.7 Å². The minimum Gasteiger partial charge on any atom is -0.367 e. The van der Waals surface area contributed by atoms with Crippen LogP contribution in [0.4, 0.5) is 5.82 Å². The highest BCUT2D eigenvalue weighted by molar-refractivity contribution is 5.37. The molecule has 1 aliphatic heterocycles. The summed E-state index contributed by atoms with van der Waals surface area (Å²) in [6.45, 7) is 8.47. The van der Waals surface area contributed by atoms with Crippen LogP contribution in [-0.2, 0) is 11.3 Å². The molecule has 20 heavy (non-hydrogen) atoms. The fraction of sp³-hybridized carbons (Fsp3) is 0.714. The zero-order valence-electron chi connectivity index (χ0n) is 12.5. The Morgan fingerprint density at radius 3 is 2.95 bits per heavy atom. The summed E-state index contributed by atoms with van der Waals surface area (Å²) in [4.78, 5) is 18.7. The Morgan fingerprint density at radius 1 is 1.55 bits per heavy atom. The highest BCUT2D eigenvalue weighted by Gasteiger charge is 2.34. The van der Waals surface area contributed by atoms with Crippen LogP contribution < -0.4 is 16.2 Å². The summed E-state index contributed by atoms with van der Waals surface area (Å²) in [7, 11) is 0. The van der Waals surface area contributed by atoms with E-state index in [0.29, 0.717) is 32.0 Å². The van der Waals surface area contributed by atoms with Gasteiger partial charge in [0.05, 0.1) is 11.7 Å². The van der Waals surface area contributed by atoms with Gasteiger partial charge in [0.1, 0.15) is 0 Å². The van der Waals surface area contributed by atoms with E-state index in [1.165, 1.54) is 0 Å². The van der Waals surface area contributed by atoms with Crippen LogP contribution in [-0.4, -0.2) is 40.9 Å². The molecular weight excluding hydrogens is 256 g/mol. The van der Waals surface area contributed by atoms with E-state index in [2.05, 4.69) is 11.9 Å². The van der Waals surface area contributed by atoms with Crippen LogP contribution in [0.5, 0.6) is 0 Å². The lowest BCUT2D eigenvalue weighted by Gasteiger charge is -2.42. The van der Waals surface area contributed by atoms with Gasteiger partial charge in [-0.15, -0.1) is 0 Å². The number of aromatic nitrogens is 2. The van der Waals surface area contributed by atoms with Gasteiger partial charge in [0.2, 0.25) is 0 Å². The lowest BCUT2D eigenvalue weighted by molar-refractivity contribution is -0.0791. The van der Waals surface area contributed by atoms with Crippen molar-refractivity contribution in [1.29, 1.82) is 0 Å². The van der Waals surface area contributed by atoms with Crippen LogP contribution in [0.1, 0.15) is 27.2 Å². The molecule has 0 aromatic carbocycles. The molecule has 1 atom stereocenters. The van der Waals surface area contributed by atoms with Gasteiger partial charge in [-0.25, -0.2) is 4.98 Å². The predicted octanol–water partition coefficient (Wildman–Crippen LogP) is 0.596. The Hall–Kier alpha value is -1.40. The summed E-state index contributed by atoms with van der Waals surface area (Å²) < 4.78 is 7.60. The maximum Gasteiger partial charge on any atom is 0.293 e. The van der Waals surface area contributed by atoms with E-state index in [-0.39, 0.29) is 17.3 Å². The van der Waals surface area contributed by atoms with Crippen LogP contribution >= 0.6 is 0 Å². The molecule has 1 fully saturated rings. The molecule has 1 saturated heterocycles. The molecule has 2 N–H and O–H groups in total. The molecule has 1 aliphatic rings. The first-order valence-corrected chi connectivity index (χ1v) is 7.15. The van der Waals surface area contributed by atoms with Gasteiger partial charge in [0, 0.05) is 38.6 Å². The molecule has 0 spiro atoms. The predicted molar refractivity (Wildman–Crippen MR) is 79.0 cm³/mol. The topological polar surface area (TPSA) is 73.4 Å². The minimum atomic E-state index is -0.332. The van der Waals surface area contributed by atoms with Crippen LogP contribution in [0, 0.1) is 0 Å². The maximum atomic E-state index is 12.5. The van der Waals surface area contributed by atoms with Crippen molar-refractivity contribution < 1.29 is 4.74 Å². The number of morpholine rings is 1. The van der Waals surface area contributed by atoms with Gasteiger partial charge in [-0.05, 0) is 20.3 Å². The molecule has 112 valence electrons. The fourth-order valence-corrected chi connectivity index (χ4v) is 2.65. The van der Waals surface area contributed by atoms with Crippen molar-refractivity contribution in [2.45, 2.75) is 45.4 Å². The number of nitrogens with zero attached hydrogens (tertiary/aromatic N) is 3. The first-order valence-electron chi connectivity index (χ1n) is 7.15. The molecule has 0 amide bonds. The van der Waals surface area contributed by atoms with Crippen molar-refractivity contribution in [3.8, 4) is 0 Å². The molecular formula is C14H24N4O2. The van der Waals surface area contributed by atoms with Gasteiger partial charge >= 0.3 is 0 Å². The fourth-order valence-electron chi connectivity index (χ4n) is 2.65. The Balaban J connectivity index is 2.31. The van der Waals surface area contributed by atoms with Crippen LogP contribution in [0.3, 0.4) is 0 Å². The first kappa shape index (κ1) is 15.0. The van der Waals surface area contributed by atoms with Crippen molar-refractivity contribution in [1.82, 2.24) is 9.55 Å². The van der Waals surface area contributed by atoms with Gasteiger partial charge in [0.15, 0.2) is 5.82 Å². The quantitative estimate of drug-likeness (QED) is 0.874. The van der Waals surface area contributed by atoms with E-state index in [4.69, 9.17) is 10.5 Å². The summed E-state index contributed by atoms with van der Waals surface area (Å²) in [5, 5.41) is 0. The second kappa shape index (κ2) is 5.93. The summed E-state index contributed by atoms with van der Waals surface area (Å²) in [5.74, 6) is 0.496. The Labute approximate surface area is 119 Å². The number of rotatable bonds is 4. The summed E-state index contributed by atoms with van der Waals surface area (Å²) >= 11 is 0. The largest absolute Gasteiger partial charge is 0.367 e. The number of nitrogens with two attached hydrogens (primary N) is 1. The van der Waals surface area contributed by atoms with Crippen molar-refractivity contribution in [2.75, 3.05) is 24.5 Å². The summed E-state index contributed by atoms with van der Waals surface area (Å²) in [5.41, 5.74) is 5.35. The molecule has 6 nitrogen and oxygen atoms in total. The highest BCUT2D eigenvalue weighted by Crippen LogP contribution is 2.22. The van der Waals surface area contributed by atoms with E-state index in [1.807, 2.05) is 18.7 Å². The number of hydrogen-bond donors (Lipinski definition) is 1. The zero-order chi connectivity index (χ0) is 14.8. The highest BCUT2D eigenvalue weighted by atomic mass is 16.5. The van der Waals surface area contributed by atoms with E-state index in [1.54, 1.807) is 17.0 Å². The maximum absolute atomic E-state index is 12.5. The van der Waals surface area contributed by atoms with Crippen LogP contribution in [0.15, 0.2) is 17.2 Å². The average molecular weight is 280 g/mol. The second-order valence-corrected chi connectivity index (χ2v) is 5.87. The van der Waals surface area contributed by atoms with Gasteiger partial charge in [-0.2, -0.15) is 0 Å². The lowest BCUT2D eigenvalue weighted by atomic mass is 10.1. The van der Waals surface area contributed by atoms with E-state index >= 15 is 0 Å². The van der Waals surface area contributed by atoms with Crippen LogP contribution in [0.2, 0.25) is 0 Å². The minimum absolute atomic E-state index is 0.0391.